The van der Waals surface area contributed by atoms with E-state index in [1.807, 2.05) is 6.26 Å². The lowest BCUT2D eigenvalue weighted by atomic mass is 9.99. The number of thioether (sulfide) groups is 1. The van der Waals surface area contributed by atoms with Gasteiger partial charge in [-0.05, 0) is 98.8 Å². The lowest BCUT2D eigenvalue weighted by molar-refractivity contribution is -0.143. The quantitative estimate of drug-likeness (QED) is 0.0200. The van der Waals surface area contributed by atoms with Crippen LogP contribution in [-0.2, 0) is 65.6 Å². The average Bonchev–Trinajstić information content (AvgIpc) is 4.09. The van der Waals surface area contributed by atoms with Crippen LogP contribution in [0.25, 0.3) is 0 Å². The van der Waals surface area contributed by atoms with Crippen LogP contribution < -0.4 is 65.5 Å². The average molecular weight is 1200 g/mol. The van der Waals surface area contributed by atoms with Crippen LogP contribution in [0.2, 0.25) is 0 Å². The van der Waals surface area contributed by atoms with Crippen molar-refractivity contribution >= 4 is 82.8 Å². The van der Waals surface area contributed by atoms with Gasteiger partial charge in [-0.25, -0.2) is 9.78 Å². The van der Waals surface area contributed by atoms with Crippen LogP contribution in [0, 0.1) is 17.8 Å². The number of aliphatic carboxylic acids is 2. The summed E-state index contributed by atoms with van der Waals surface area (Å²) in [5.74, 6) is -11.2. The van der Waals surface area contributed by atoms with Gasteiger partial charge in [-0.15, -0.1) is 0 Å². The molecule has 9 amide bonds. The van der Waals surface area contributed by atoms with Crippen molar-refractivity contribution < 1.29 is 68.1 Å². The molecule has 0 saturated heterocycles. The molecule has 84 heavy (non-hydrogen) atoms. The van der Waals surface area contributed by atoms with E-state index in [4.69, 9.17) is 22.9 Å². The molecule has 2 rings (SSSR count). The number of aromatic amines is 1. The SMILES string of the molecule is CSCC[C@H](N)C(=O)N[C@@H](Cc1cnc[nH]1)C(=O)N[C@@H](CC(C)C)C(=O)N[C@@H](CCCN=C(N)N)C(=O)N[C@@H](CCC(N)=O)C(=O)N[C@@H](Cc1ccc(O)cc1)C(=O)N[C@@H](CCC(=O)O)C(=O)N[C@@H](CC(C)C)C(=O)N[C@@H](CC(C)C)C(=O)O. The number of carbonyl (C=O) groups is 11. The number of aromatic hydroxyl groups is 1. The van der Waals surface area contributed by atoms with Crippen LogP contribution in [0.3, 0.4) is 0 Å². The van der Waals surface area contributed by atoms with E-state index in [0.717, 1.165) is 0 Å². The minimum Gasteiger partial charge on any atom is -0.508 e. The molecule has 0 radical (unpaired) electrons. The van der Waals surface area contributed by atoms with Crippen molar-refractivity contribution in [3.63, 3.8) is 0 Å². The predicted molar refractivity (Wildman–Crippen MR) is 312 cm³/mol. The standard InChI is InChI=1S/C54H87N15O14S/c1-28(2)21-38(67-52(81)41(25-32-26-59-27-61-32)65-45(74)34(55)18-20-84-7)49(78)62-35(9-8-19-60-54(57)58)46(75)63-36(14-16-43(56)71)47(76)68-40(24-31-10-12-33(70)13-11-31)51(80)64-37(15-17-44(72)73)48(77)66-39(22-29(3)4)50(79)69-42(53(82)83)23-30(5)6/h10-13,26-30,34-42,70H,8-9,14-25,55H2,1-7H3,(H2,56,71)(H,59,61)(H,62,78)(H,63,75)(H,64,80)(H,65,74)(H,66,77)(H,67,81)(H,68,76)(H,69,79)(H,72,73)(H,82,83)(H4,57,58,60)/t34-,35-,36-,37-,38-,39-,40-,41-,42-/m0/s1. The number of phenols is 1. The number of primary amides is 1. The highest BCUT2D eigenvalue weighted by Crippen LogP contribution is 2.16. The number of carboxylic acid groups (broad SMARTS) is 2. The van der Waals surface area contributed by atoms with Gasteiger partial charge in [0.15, 0.2) is 5.96 Å². The number of rotatable bonds is 40. The second kappa shape index (κ2) is 37.2. The first-order valence-corrected chi connectivity index (χ1v) is 29.1. The van der Waals surface area contributed by atoms with Crippen molar-refractivity contribution in [3.8, 4) is 5.75 Å². The molecule has 1 aromatic heterocycles. The van der Waals surface area contributed by atoms with Crippen molar-refractivity contribution in [1.82, 2.24) is 52.5 Å². The number of hydrogen-bond acceptors (Lipinski definition) is 16. The minimum atomic E-state index is -1.68. The van der Waals surface area contributed by atoms with E-state index in [2.05, 4.69) is 57.5 Å². The second-order valence-corrected chi connectivity index (χ2v) is 22.6. The lowest BCUT2D eigenvalue weighted by Crippen LogP contribution is -2.61. The smallest absolute Gasteiger partial charge is 0.326 e. The van der Waals surface area contributed by atoms with Crippen LogP contribution in [0.4, 0.5) is 0 Å². The van der Waals surface area contributed by atoms with Crippen molar-refractivity contribution in [3.05, 3.63) is 48.0 Å². The molecular weight excluding hydrogens is 1110 g/mol. The van der Waals surface area contributed by atoms with Crippen LogP contribution in [0.15, 0.2) is 41.8 Å². The van der Waals surface area contributed by atoms with Gasteiger partial charge in [0.2, 0.25) is 53.2 Å². The Bertz CT molecular complexity index is 2530. The van der Waals surface area contributed by atoms with Gasteiger partial charge in [-0.2, -0.15) is 11.8 Å². The fourth-order valence-corrected chi connectivity index (χ4v) is 8.92. The van der Waals surface area contributed by atoms with E-state index < -0.39 is 145 Å². The number of carboxylic acids is 2. The van der Waals surface area contributed by atoms with Crippen molar-refractivity contribution in [2.45, 2.75) is 173 Å². The molecule has 1 aromatic carbocycles. The number of nitrogens with zero attached hydrogens (tertiary/aromatic N) is 2. The normalized spacial score (nSPS) is 14.4. The first-order chi connectivity index (χ1) is 39.5. The summed E-state index contributed by atoms with van der Waals surface area (Å²) in [4.78, 5) is 160. The Kier molecular flexibility index (Phi) is 32.0. The first kappa shape index (κ1) is 72.1. The number of benzene rings is 1. The summed E-state index contributed by atoms with van der Waals surface area (Å²) in [5.41, 5.74) is 23.5. The highest BCUT2D eigenvalue weighted by Gasteiger charge is 2.36. The molecule has 0 spiro atoms. The van der Waals surface area contributed by atoms with Gasteiger partial charge in [0, 0.05) is 44.1 Å². The molecule has 29 nitrogen and oxygen atoms in total. The molecular formula is C54H87N15O14S. The molecule has 468 valence electrons. The maximum absolute atomic E-state index is 14.5. The third-order valence-corrected chi connectivity index (χ3v) is 13.4. The maximum atomic E-state index is 14.5. The van der Waals surface area contributed by atoms with E-state index in [9.17, 15) is 68.1 Å². The van der Waals surface area contributed by atoms with Gasteiger partial charge in [0.1, 0.15) is 54.1 Å². The summed E-state index contributed by atoms with van der Waals surface area (Å²) in [6.07, 6.45) is 2.43. The minimum absolute atomic E-state index is 0.00237. The number of nitrogens with one attached hydrogen (secondary N) is 9. The Morgan fingerprint density at radius 3 is 1.42 bits per heavy atom. The van der Waals surface area contributed by atoms with Crippen LogP contribution in [0.5, 0.6) is 5.75 Å². The number of amides is 9. The fourth-order valence-electron chi connectivity index (χ4n) is 8.43. The molecule has 0 aliphatic rings. The van der Waals surface area contributed by atoms with E-state index in [1.54, 1.807) is 41.5 Å². The Morgan fingerprint density at radius 2 is 0.976 bits per heavy atom. The molecule has 0 aliphatic carbocycles. The number of carbonyl (C=O) groups excluding carboxylic acids is 9. The van der Waals surface area contributed by atoms with Crippen LogP contribution in [-0.4, -0.2) is 169 Å². The summed E-state index contributed by atoms with van der Waals surface area (Å²) in [6, 6.07) is -7.23. The zero-order valence-corrected chi connectivity index (χ0v) is 49.6. The second-order valence-electron chi connectivity index (χ2n) is 21.6. The van der Waals surface area contributed by atoms with Gasteiger partial charge in [0.05, 0.1) is 12.4 Å². The third kappa shape index (κ3) is 28.3. The number of aliphatic imine (C=N–C) groups is 1. The number of hydrogen-bond donors (Lipinski definition) is 16. The van der Waals surface area contributed by atoms with Gasteiger partial charge >= 0.3 is 11.9 Å². The molecule has 9 atom stereocenters. The van der Waals surface area contributed by atoms with E-state index >= 15 is 0 Å². The number of H-pyrrole nitrogens is 1. The number of phenolic OH excluding ortho intramolecular Hbond substituents is 1. The number of aromatic nitrogens is 2. The number of nitrogens with two attached hydrogens (primary N) is 4. The van der Waals surface area contributed by atoms with Crippen LogP contribution in [0.1, 0.15) is 117 Å². The summed E-state index contributed by atoms with van der Waals surface area (Å²) < 4.78 is 0. The highest BCUT2D eigenvalue weighted by atomic mass is 32.2. The molecule has 0 fully saturated rings. The Hall–Kier alpha value is -8.02. The molecule has 0 unspecified atom stereocenters. The van der Waals surface area contributed by atoms with Crippen LogP contribution >= 0.6 is 11.8 Å². The van der Waals surface area contributed by atoms with Crippen molar-refractivity contribution in [2.24, 2.45) is 45.7 Å². The Labute approximate surface area is 492 Å². The molecule has 2 aromatic rings. The van der Waals surface area contributed by atoms with Crippen molar-refractivity contribution in [1.29, 1.82) is 0 Å². The molecule has 30 heteroatoms. The number of imidazole rings is 1. The van der Waals surface area contributed by atoms with E-state index in [-0.39, 0.29) is 81.0 Å². The highest BCUT2D eigenvalue weighted by molar-refractivity contribution is 7.98. The predicted octanol–water partition coefficient (Wildman–Crippen LogP) is -1.73. The van der Waals surface area contributed by atoms with E-state index in [0.29, 0.717) is 23.4 Å². The third-order valence-electron chi connectivity index (χ3n) is 12.8. The zero-order valence-electron chi connectivity index (χ0n) is 48.7. The van der Waals surface area contributed by atoms with E-state index in [1.165, 1.54) is 48.6 Å². The topological polar surface area (TPSA) is 490 Å². The molecule has 0 saturated carbocycles. The molecule has 0 aliphatic heterocycles. The summed E-state index contributed by atoms with van der Waals surface area (Å²) in [6.45, 7) is 10.5. The molecule has 0 bridgehead atoms. The van der Waals surface area contributed by atoms with Gasteiger partial charge in [-0.1, -0.05) is 53.7 Å². The first-order valence-electron chi connectivity index (χ1n) is 27.7. The van der Waals surface area contributed by atoms with Gasteiger partial charge in [-0.3, -0.25) is 52.9 Å². The summed E-state index contributed by atoms with van der Waals surface area (Å²) >= 11 is 1.48. The Morgan fingerprint density at radius 1 is 0.560 bits per heavy atom. The zero-order chi connectivity index (χ0) is 63.2. The lowest BCUT2D eigenvalue weighted by Gasteiger charge is -2.28. The largest absolute Gasteiger partial charge is 0.508 e. The van der Waals surface area contributed by atoms with Gasteiger partial charge in [0.25, 0.3) is 0 Å². The summed E-state index contributed by atoms with van der Waals surface area (Å²) in [5, 5.41) is 50.1. The van der Waals surface area contributed by atoms with Crippen molar-refractivity contribution in [2.75, 3.05) is 18.6 Å². The monoisotopic (exact) mass is 1200 g/mol. The fraction of sp³-hybridized carbons (Fsp3) is 0.611. The summed E-state index contributed by atoms with van der Waals surface area (Å²) in [7, 11) is 0. The molecule has 20 N–H and O–H groups in total. The molecule has 1 heterocycles. The maximum Gasteiger partial charge on any atom is 0.326 e. The van der Waals surface area contributed by atoms with Gasteiger partial charge < -0.3 is 85.8 Å². The number of guanidine groups is 1. The Balaban J connectivity index is 2.60.